The highest BCUT2D eigenvalue weighted by Crippen LogP contribution is 2.37. The Labute approximate surface area is 267 Å². The Balaban J connectivity index is 0. The van der Waals surface area contributed by atoms with Crippen LogP contribution in [-0.4, -0.2) is 52.6 Å². The van der Waals surface area contributed by atoms with Gasteiger partial charge in [0.1, 0.15) is 5.78 Å². The Bertz CT molecular complexity index is 1020. The number of hydrogen-bond acceptors (Lipinski definition) is 7. The highest BCUT2D eigenvalue weighted by atomic mass is 32.1. The van der Waals surface area contributed by atoms with Crippen LogP contribution < -0.4 is 0 Å². The molecule has 2 rings (SSSR count). The van der Waals surface area contributed by atoms with E-state index in [0.29, 0.717) is 32.0 Å². The summed E-state index contributed by atoms with van der Waals surface area (Å²) in [5, 5.41) is 23.0. The molecule has 1 aliphatic heterocycles. The molecule has 0 radical (unpaired) electrons. The van der Waals surface area contributed by atoms with E-state index in [1.807, 2.05) is 53.0 Å². The number of carboxylic acids is 1. The van der Waals surface area contributed by atoms with Gasteiger partial charge in [0.05, 0.1) is 30.0 Å². The Kier molecular flexibility index (Phi) is 20.3. The third-order valence-corrected chi connectivity index (χ3v) is 9.68. The standard InChI is InChI=1S/C32H51NO6S.3CH4/c1-20(23(4)24(5)31(37)32(7,8)22(3)17-29(35)36)10-9-11-26(18-30-38-14-15-39-30)12-13-28(34)21(2)16-27-19-40-25(6)33-27;;;/h12,16,19-20,22-24,28,30,34H,9-11,13-15,17-18H2,1-8H3,(H,35,36);3*1H4/b21-16+,26-12+;;;/t20-,22-,23-,24+,28?;;;/m0.../s1. The molecule has 5 atom stereocenters. The van der Waals surface area contributed by atoms with Crippen LogP contribution in [0.25, 0.3) is 6.08 Å². The van der Waals surface area contributed by atoms with E-state index < -0.39 is 17.5 Å². The second kappa shape index (κ2) is 20.2. The first kappa shape index (κ1) is 43.3. The van der Waals surface area contributed by atoms with Crippen molar-refractivity contribution in [3.63, 3.8) is 0 Å². The van der Waals surface area contributed by atoms with Crippen molar-refractivity contribution in [1.29, 1.82) is 0 Å². The van der Waals surface area contributed by atoms with Crippen molar-refractivity contribution in [3.8, 4) is 0 Å². The second-order valence-electron chi connectivity index (χ2n) is 12.3. The van der Waals surface area contributed by atoms with Gasteiger partial charge in [0, 0.05) is 29.6 Å². The van der Waals surface area contributed by atoms with Gasteiger partial charge in [0.2, 0.25) is 0 Å². The number of thiazole rings is 1. The van der Waals surface area contributed by atoms with Crippen LogP contribution in [-0.2, 0) is 19.1 Å². The van der Waals surface area contributed by atoms with Crippen LogP contribution in [0, 0.1) is 36.0 Å². The lowest BCUT2D eigenvalue weighted by Crippen LogP contribution is -2.39. The van der Waals surface area contributed by atoms with E-state index in [1.54, 1.807) is 11.3 Å². The molecule has 0 amide bonds. The maximum atomic E-state index is 13.4. The lowest BCUT2D eigenvalue weighted by molar-refractivity contribution is -0.141. The quantitative estimate of drug-likeness (QED) is 0.166. The van der Waals surface area contributed by atoms with E-state index in [1.165, 1.54) is 5.57 Å². The third kappa shape index (κ3) is 13.8. The number of aliphatic hydroxyl groups is 1. The smallest absolute Gasteiger partial charge is 0.303 e. The van der Waals surface area contributed by atoms with E-state index in [-0.39, 0.29) is 58.5 Å². The third-order valence-electron chi connectivity index (χ3n) is 8.89. The predicted octanol–water partition coefficient (Wildman–Crippen LogP) is 8.99. The van der Waals surface area contributed by atoms with Crippen LogP contribution in [0.2, 0.25) is 0 Å². The molecule has 8 heteroatoms. The molecule has 1 aromatic rings. The van der Waals surface area contributed by atoms with Crippen molar-refractivity contribution < 1.29 is 29.3 Å². The largest absolute Gasteiger partial charge is 0.481 e. The molecule has 0 saturated carbocycles. The Morgan fingerprint density at radius 2 is 1.74 bits per heavy atom. The molecular weight excluding hydrogens is 562 g/mol. The number of rotatable bonds is 17. The average Bonchev–Trinajstić information content (AvgIpc) is 3.56. The first-order valence-electron chi connectivity index (χ1n) is 14.7. The van der Waals surface area contributed by atoms with Gasteiger partial charge in [0.15, 0.2) is 6.29 Å². The van der Waals surface area contributed by atoms with Crippen molar-refractivity contribution in [2.45, 2.75) is 129 Å². The fourth-order valence-electron chi connectivity index (χ4n) is 5.26. The maximum Gasteiger partial charge on any atom is 0.303 e. The van der Waals surface area contributed by atoms with Crippen molar-refractivity contribution >= 4 is 29.2 Å². The summed E-state index contributed by atoms with van der Waals surface area (Å²) in [5.74, 6) is -0.587. The number of ether oxygens (including phenoxy) is 2. The highest BCUT2D eigenvalue weighted by Gasteiger charge is 2.39. The minimum absolute atomic E-state index is 0. The number of aryl methyl sites for hydroxylation is 1. The summed E-state index contributed by atoms with van der Waals surface area (Å²) in [7, 11) is 0. The van der Waals surface area contributed by atoms with E-state index >= 15 is 0 Å². The number of aliphatic carboxylic acids is 1. The normalized spacial score (nSPS) is 18.0. The van der Waals surface area contributed by atoms with E-state index in [4.69, 9.17) is 9.47 Å². The van der Waals surface area contributed by atoms with E-state index in [0.717, 1.165) is 35.5 Å². The second-order valence-corrected chi connectivity index (χ2v) is 13.3. The molecule has 2 N–H and O–H groups in total. The molecule has 0 aliphatic carbocycles. The summed E-state index contributed by atoms with van der Waals surface area (Å²) in [4.78, 5) is 29.0. The summed E-state index contributed by atoms with van der Waals surface area (Å²) in [5.41, 5.74) is 2.30. The van der Waals surface area contributed by atoms with Crippen LogP contribution >= 0.6 is 11.3 Å². The van der Waals surface area contributed by atoms with E-state index in [2.05, 4.69) is 24.9 Å². The number of carbonyl (C=O) groups is 2. The average molecular weight is 626 g/mol. The first-order chi connectivity index (χ1) is 18.7. The van der Waals surface area contributed by atoms with Crippen LogP contribution in [0.4, 0.5) is 0 Å². The Morgan fingerprint density at radius 3 is 2.28 bits per heavy atom. The van der Waals surface area contributed by atoms with Crippen molar-refractivity contribution in [2.24, 2.45) is 29.1 Å². The first-order valence-corrected chi connectivity index (χ1v) is 15.6. The molecule has 0 bridgehead atoms. The summed E-state index contributed by atoms with van der Waals surface area (Å²) in [6.45, 7) is 17.1. The molecule has 1 aromatic heterocycles. The lowest BCUT2D eigenvalue weighted by Gasteiger charge is -2.35. The summed E-state index contributed by atoms with van der Waals surface area (Å²) in [6, 6.07) is 0. The molecule has 1 fully saturated rings. The van der Waals surface area contributed by atoms with Gasteiger partial charge >= 0.3 is 5.97 Å². The van der Waals surface area contributed by atoms with Crippen molar-refractivity contribution in [1.82, 2.24) is 4.98 Å². The minimum atomic E-state index is -0.868. The van der Waals surface area contributed by atoms with Gasteiger partial charge in [-0.1, -0.05) is 81.9 Å². The SMILES string of the molecule is C.C.C.C/C(=C\c1csc(C)n1)C(O)C/C=C(\CCC[C@H](C)[C@H](C)[C@@H](C)C(=O)C(C)(C)[C@@H](C)CC(=O)O)CC1OCCO1. The van der Waals surface area contributed by atoms with Crippen molar-refractivity contribution in [2.75, 3.05) is 13.2 Å². The maximum absolute atomic E-state index is 13.4. The van der Waals surface area contributed by atoms with Crippen LogP contribution in [0.1, 0.15) is 120 Å². The molecule has 1 unspecified atom stereocenters. The number of nitrogens with zero attached hydrogens (tertiary/aromatic N) is 1. The topological polar surface area (TPSA) is 106 Å². The molecule has 2 heterocycles. The number of carbonyl (C=O) groups excluding carboxylic acids is 1. The number of aliphatic hydroxyl groups excluding tert-OH is 1. The Morgan fingerprint density at radius 1 is 1.14 bits per heavy atom. The minimum Gasteiger partial charge on any atom is -0.481 e. The van der Waals surface area contributed by atoms with Crippen LogP contribution in [0.3, 0.4) is 0 Å². The monoisotopic (exact) mass is 625 g/mol. The Hall–Kier alpha value is -1.87. The number of ketones is 1. The predicted molar refractivity (Wildman–Crippen MR) is 181 cm³/mol. The molecule has 250 valence electrons. The van der Waals surface area contributed by atoms with Gasteiger partial charge in [-0.25, -0.2) is 4.98 Å². The van der Waals surface area contributed by atoms with Gasteiger partial charge < -0.3 is 19.7 Å². The van der Waals surface area contributed by atoms with Crippen LogP contribution in [0.5, 0.6) is 0 Å². The van der Waals surface area contributed by atoms with Gasteiger partial charge in [-0.05, 0) is 62.5 Å². The highest BCUT2D eigenvalue weighted by molar-refractivity contribution is 7.09. The molecule has 0 aromatic carbocycles. The summed E-state index contributed by atoms with van der Waals surface area (Å²) >= 11 is 1.60. The summed E-state index contributed by atoms with van der Waals surface area (Å²) < 4.78 is 11.4. The fourth-order valence-corrected chi connectivity index (χ4v) is 5.83. The van der Waals surface area contributed by atoms with Crippen LogP contribution in [0.15, 0.2) is 22.6 Å². The lowest BCUT2D eigenvalue weighted by atomic mass is 9.67. The number of aromatic nitrogens is 1. The fraction of sp³-hybridized carbons (Fsp3) is 0.743. The van der Waals surface area contributed by atoms with E-state index in [9.17, 15) is 19.8 Å². The van der Waals surface area contributed by atoms with Crippen molar-refractivity contribution in [3.05, 3.63) is 33.3 Å². The number of hydrogen-bond donors (Lipinski definition) is 2. The van der Waals surface area contributed by atoms with Gasteiger partial charge in [-0.15, -0.1) is 11.3 Å². The van der Waals surface area contributed by atoms with Gasteiger partial charge in [-0.2, -0.15) is 0 Å². The van der Waals surface area contributed by atoms with Gasteiger partial charge in [0.25, 0.3) is 0 Å². The zero-order chi connectivity index (χ0) is 30.0. The summed E-state index contributed by atoms with van der Waals surface area (Å²) in [6.07, 6.45) is 7.28. The number of Topliss-reactive ketones (excluding diaryl/α,β-unsaturated/α-hetero) is 1. The molecule has 43 heavy (non-hydrogen) atoms. The number of carboxylic acid groups (broad SMARTS) is 1. The molecular formula is C35H63NO6S. The molecule has 1 aliphatic rings. The molecule has 1 saturated heterocycles. The van der Waals surface area contributed by atoms with Gasteiger partial charge in [-0.3, -0.25) is 9.59 Å². The zero-order valence-electron chi connectivity index (χ0n) is 25.7. The molecule has 7 nitrogen and oxygen atoms in total. The molecule has 0 spiro atoms. The zero-order valence-corrected chi connectivity index (χ0v) is 26.6.